The first-order valence-electron chi connectivity index (χ1n) is 5.53. The fourth-order valence-corrected chi connectivity index (χ4v) is 1.88. The number of rotatable bonds is 2. The molecule has 1 aliphatic heterocycles. The third-order valence-corrected chi connectivity index (χ3v) is 2.74. The molecule has 1 aromatic rings. The molecule has 0 saturated carbocycles. The highest BCUT2D eigenvalue weighted by atomic mass is 16.5. The first kappa shape index (κ1) is 10.9. The summed E-state index contributed by atoms with van der Waals surface area (Å²) >= 11 is 0. The molecule has 84 valence electrons. The lowest BCUT2D eigenvalue weighted by atomic mass is 10.00. The number of aliphatic imine (C=N–C) groups is 1. The third-order valence-electron chi connectivity index (χ3n) is 2.74. The van der Waals surface area contributed by atoms with Gasteiger partial charge in [-0.25, -0.2) is 4.79 Å². The van der Waals surface area contributed by atoms with Crippen LogP contribution in [0.15, 0.2) is 29.3 Å². The normalized spacial score (nSPS) is 15.4. The zero-order valence-electron chi connectivity index (χ0n) is 9.40. The molecule has 16 heavy (non-hydrogen) atoms. The van der Waals surface area contributed by atoms with Gasteiger partial charge in [0.1, 0.15) is 0 Å². The Hall–Kier alpha value is -1.64. The van der Waals surface area contributed by atoms with Crippen molar-refractivity contribution in [3.8, 4) is 0 Å². The van der Waals surface area contributed by atoms with E-state index in [0.29, 0.717) is 5.56 Å². The number of hydrogen-bond acceptors (Lipinski definition) is 3. The van der Waals surface area contributed by atoms with Crippen LogP contribution in [-0.4, -0.2) is 25.3 Å². The lowest BCUT2D eigenvalue weighted by molar-refractivity contribution is 0.0600. The summed E-state index contributed by atoms with van der Waals surface area (Å²) in [6, 6.07) is 7.49. The van der Waals surface area contributed by atoms with Crippen LogP contribution in [0.2, 0.25) is 0 Å². The Labute approximate surface area is 95.2 Å². The van der Waals surface area contributed by atoms with Crippen molar-refractivity contribution in [3.05, 3.63) is 35.4 Å². The lowest BCUT2D eigenvalue weighted by Crippen LogP contribution is -2.09. The summed E-state index contributed by atoms with van der Waals surface area (Å²) in [6.45, 7) is 0.901. The summed E-state index contributed by atoms with van der Waals surface area (Å²) in [4.78, 5) is 15.9. The minimum Gasteiger partial charge on any atom is -0.465 e. The molecule has 0 saturated heterocycles. The average molecular weight is 217 g/mol. The fourth-order valence-electron chi connectivity index (χ4n) is 1.88. The number of ether oxygens (including phenoxy) is 1. The van der Waals surface area contributed by atoms with E-state index in [1.54, 1.807) is 6.07 Å². The number of carbonyl (C=O) groups excluding carboxylic acids is 1. The summed E-state index contributed by atoms with van der Waals surface area (Å²) in [5.74, 6) is -0.293. The quantitative estimate of drug-likeness (QED) is 0.714. The second-order valence-corrected chi connectivity index (χ2v) is 3.86. The molecule has 1 heterocycles. The van der Waals surface area contributed by atoms with Gasteiger partial charge in [0.2, 0.25) is 0 Å². The molecular weight excluding hydrogens is 202 g/mol. The van der Waals surface area contributed by atoms with Gasteiger partial charge in [-0.2, -0.15) is 0 Å². The van der Waals surface area contributed by atoms with Gasteiger partial charge in [-0.15, -0.1) is 0 Å². The van der Waals surface area contributed by atoms with Gasteiger partial charge in [0.15, 0.2) is 0 Å². The smallest absolute Gasteiger partial charge is 0.337 e. The number of nitrogens with zero attached hydrogens (tertiary/aromatic N) is 1. The van der Waals surface area contributed by atoms with E-state index in [0.717, 1.165) is 24.2 Å². The molecule has 0 N–H and O–H groups in total. The molecule has 0 aliphatic carbocycles. The highest BCUT2D eigenvalue weighted by Gasteiger charge is 2.11. The molecule has 1 aliphatic rings. The fraction of sp³-hybridized carbons (Fsp3) is 0.385. The van der Waals surface area contributed by atoms with Crippen LogP contribution in [0.1, 0.15) is 35.2 Å². The van der Waals surface area contributed by atoms with Gasteiger partial charge in [0, 0.05) is 12.3 Å². The number of carbonyl (C=O) groups is 1. The van der Waals surface area contributed by atoms with Crippen molar-refractivity contribution in [2.45, 2.75) is 19.3 Å². The Balaban J connectivity index is 2.28. The van der Waals surface area contributed by atoms with E-state index < -0.39 is 0 Å². The predicted molar refractivity (Wildman–Crippen MR) is 63.0 cm³/mol. The Kier molecular flexibility index (Phi) is 3.34. The maximum atomic E-state index is 11.4. The highest BCUT2D eigenvalue weighted by Crippen LogP contribution is 2.15. The van der Waals surface area contributed by atoms with Gasteiger partial charge in [0.25, 0.3) is 0 Å². The lowest BCUT2D eigenvalue weighted by Gasteiger charge is -2.12. The molecule has 1 aromatic carbocycles. The van der Waals surface area contributed by atoms with Crippen molar-refractivity contribution in [1.29, 1.82) is 0 Å². The minimum atomic E-state index is -0.293. The average Bonchev–Trinajstić information content (AvgIpc) is 2.39. The van der Waals surface area contributed by atoms with E-state index in [1.165, 1.54) is 20.0 Å². The second kappa shape index (κ2) is 4.92. The molecule has 2 rings (SSSR count). The van der Waals surface area contributed by atoms with Crippen LogP contribution in [0.25, 0.3) is 0 Å². The van der Waals surface area contributed by atoms with Crippen molar-refractivity contribution in [1.82, 2.24) is 0 Å². The van der Waals surface area contributed by atoms with Gasteiger partial charge in [-0.05, 0) is 37.0 Å². The SMILES string of the molecule is COC(=O)c1cccc(C2=NCCCC2)c1. The molecule has 0 fully saturated rings. The third kappa shape index (κ3) is 2.30. The molecule has 0 amide bonds. The molecule has 3 nitrogen and oxygen atoms in total. The highest BCUT2D eigenvalue weighted by molar-refractivity contribution is 6.02. The Morgan fingerprint density at radius 1 is 1.38 bits per heavy atom. The van der Waals surface area contributed by atoms with Crippen LogP contribution in [0.4, 0.5) is 0 Å². The van der Waals surface area contributed by atoms with Crippen LogP contribution < -0.4 is 0 Å². The Bertz CT molecular complexity index is 424. The largest absolute Gasteiger partial charge is 0.465 e. The van der Waals surface area contributed by atoms with Gasteiger partial charge in [0.05, 0.1) is 12.7 Å². The molecule has 0 unspecified atom stereocenters. The molecular formula is C13H15NO2. The van der Waals surface area contributed by atoms with E-state index in [-0.39, 0.29) is 5.97 Å². The van der Waals surface area contributed by atoms with E-state index in [1.807, 2.05) is 18.2 Å². The monoisotopic (exact) mass is 217 g/mol. The van der Waals surface area contributed by atoms with Gasteiger partial charge >= 0.3 is 5.97 Å². The van der Waals surface area contributed by atoms with Crippen molar-refractivity contribution < 1.29 is 9.53 Å². The van der Waals surface area contributed by atoms with Crippen LogP contribution in [0, 0.1) is 0 Å². The van der Waals surface area contributed by atoms with Crippen molar-refractivity contribution in [2.24, 2.45) is 4.99 Å². The van der Waals surface area contributed by atoms with E-state index in [9.17, 15) is 4.79 Å². The van der Waals surface area contributed by atoms with Crippen LogP contribution >= 0.6 is 0 Å². The van der Waals surface area contributed by atoms with E-state index in [4.69, 9.17) is 4.74 Å². The molecule has 0 bridgehead atoms. The maximum absolute atomic E-state index is 11.4. The molecule has 0 aromatic heterocycles. The standard InChI is InChI=1S/C13H15NO2/c1-16-13(15)11-6-4-5-10(9-11)12-7-2-3-8-14-12/h4-6,9H,2-3,7-8H2,1H3. The topological polar surface area (TPSA) is 38.7 Å². The number of esters is 1. The van der Waals surface area contributed by atoms with Gasteiger partial charge in [-0.3, -0.25) is 4.99 Å². The summed E-state index contributed by atoms with van der Waals surface area (Å²) in [5.41, 5.74) is 2.74. The summed E-state index contributed by atoms with van der Waals surface area (Å²) in [7, 11) is 1.40. The second-order valence-electron chi connectivity index (χ2n) is 3.86. The summed E-state index contributed by atoms with van der Waals surface area (Å²) < 4.78 is 4.70. The Morgan fingerprint density at radius 2 is 2.25 bits per heavy atom. The minimum absolute atomic E-state index is 0.293. The number of methoxy groups -OCH3 is 1. The molecule has 3 heteroatoms. The molecule has 0 atom stereocenters. The molecule has 0 spiro atoms. The van der Waals surface area contributed by atoms with E-state index >= 15 is 0 Å². The maximum Gasteiger partial charge on any atom is 0.337 e. The van der Waals surface area contributed by atoms with Crippen molar-refractivity contribution >= 4 is 11.7 Å². The van der Waals surface area contributed by atoms with Crippen LogP contribution in [0.3, 0.4) is 0 Å². The zero-order valence-corrected chi connectivity index (χ0v) is 9.40. The van der Waals surface area contributed by atoms with Crippen LogP contribution in [0.5, 0.6) is 0 Å². The van der Waals surface area contributed by atoms with Crippen molar-refractivity contribution in [2.75, 3.05) is 13.7 Å². The summed E-state index contributed by atoms with van der Waals surface area (Å²) in [6.07, 6.45) is 3.35. The predicted octanol–water partition coefficient (Wildman–Crippen LogP) is 2.45. The molecule has 0 radical (unpaired) electrons. The first-order chi connectivity index (χ1) is 7.81. The number of hydrogen-bond donors (Lipinski definition) is 0. The van der Waals surface area contributed by atoms with Crippen LogP contribution in [-0.2, 0) is 4.74 Å². The summed E-state index contributed by atoms with van der Waals surface area (Å²) in [5, 5.41) is 0. The first-order valence-corrected chi connectivity index (χ1v) is 5.53. The number of benzene rings is 1. The van der Waals surface area contributed by atoms with E-state index in [2.05, 4.69) is 4.99 Å². The van der Waals surface area contributed by atoms with Crippen molar-refractivity contribution in [3.63, 3.8) is 0 Å². The Morgan fingerprint density at radius 3 is 2.94 bits per heavy atom. The zero-order chi connectivity index (χ0) is 11.4. The van der Waals surface area contributed by atoms with Gasteiger partial charge < -0.3 is 4.74 Å². The van der Waals surface area contributed by atoms with Gasteiger partial charge in [-0.1, -0.05) is 12.1 Å².